The number of hydrogen-bond acceptors (Lipinski definition) is 5. The second-order valence-electron chi connectivity index (χ2n) is 4.78. The van der Waals surface area contributed by atoms with E-state index < -0.39 is 0 Å². The number of aromatic nitrogens is 2. The molecule has 2 aromatic heterocycles. The zero-order chi connectivity index (χ0) is 13.1. The van der Waals surface area contributed by atoms with Crippen molar-refractivity contribution in [1.29, 1.82) is 0 Å². The lowest BCUT2D eigenvalue weighted by molar-refractivity contribution is 0.919. The summed E-state index contributed by atoms with van der Waals surface area (Å²) in [4.78, 5) is 10.5. The van der Waals surface area contributed by atoms with E-state index in [0.717, 1.165) is 30.4 Å². The minimum absolute atomic E-state index is 0.575. The predicted octanol–water partition coefficient (Wildman–Crippen LogP) is 3.11. The maximum Gasteiger partial charge on any atom is 0.136 e. The van der Waals surface area contributed by atoms with Gasteiger partial charge in [-0.3, -0.25) is 0 Å². The molecule has 1 aliphatic rings. The van der Waals surface area contributed by atoms with E-state index in [4.69, 9.17) is 0 Å². The van der Waals surface area contributed by atoms with Crippen LogP contribution < -0.4 is 10.6 Å². The Morgan fingerprint density at radius 3 is 2.84 bits per heavy atom. The SMILES string of the molecule is CNc1cc(NCCc2cccs2)nc(C2CC2)n1. The van der Waals surface area contributed by atoms with Gasteiger partial charge >= 0.3 is 0 Å². The highest BCUT2D eigenvalue weighted by Crippen LogP contribution is 2.38. The van der Waals surface area contributed by atoms with Crippen LogP contribution in [0.5, 0.6) is 0 Å². The lowest BCUT2D eigenvalue weighted by atomic mass is 10.3. The second-order valence-corrected chi connectivity index (χ2v) is 5.81. The van der Waals surface area contributed by atoms with E-state index in [1.165, 1.54) is 17.7 Å². The van der Waals surface area contributed by atoms with Crippen LogP contribution >= 0.6 is 11.3 Å². The lowest BCUT2D eigenvalue weighted by Crippen LogP contribution is -2.08. The molecule has 4 nitrogen and oxygen atoms in total. The summed E-state index contributed by atoms with van der Waals surface area (Å²) in [5.41, 5.74) is 0. The Hall–Kier alpha value is -1.62. The molecule has 0 bridgehead atoms. The molecule has 100 valence electrons. The number of hydrogen-bond donors (Lipinski definition) is 2. The molecular formula is C14H18N4S. The molecule has 1 aliphatic carbocycles. The Morgan fingerprint density at radius 1 is 1.32 bits per heavy atom. The van der Waals surface area contributed by atoms with Crippen LogP contribution in [-0.2, 0) is 6.42 Å². The van der Waals surface area contributed by atoms with Crippen LogP contribution in [0.3, 0.4) is 0 Å². The van der Waals surface area contributed by atoms with E-state index in [1.807, 2.05) is 13.1 Å². The third-order valence-electron chi connectivity index (χ3n) is 3.20. The first kappa shape index (κ1) is 12.4. The van der Waals surface area contributed by atoms with Gasteiger partial charge in [0.25, 0.3) is 0 Å². The van der Waals surface area contributed by atoms with Crippen molar-refractivity contribution >= 4 is 23.0 Å². The molecule has 1 fully saturated rings. The molecule has 2 aromatic rings. The minimum atomic E-state index is 0.575. The van der Waals surface area contributed by atoms with Gasteiger partial charge in [-0.2, -0.15) is 0 Å². The van der Waals surface area contributed by atoms with Crippen LogP contribution in [0.15, 0.2) is 23.6 Å². The van der Waals surface area contributed by atoms with Crippen molar-refractivity contribution in [3.63, 3.8) is 0 Å². The Balaban J connectivity index is 1.64. The fourth-order valence-corrected chi connectivity index (χ4v) is 2.69. The van der Waals surface area contributed by atoms with Gasteiger partial charge in [-0.1, -0.05) is 6.07 Å². The third kappa shape index (κ3) is 3.23. The molecule has 5 heteroatoms. The van der Waals surface area contributed by atoms with Gasteiger partial charge in [-0.25, -0.2) is 9.97 Å². The van der Waals surface area contributed by atoms with E-state index in [-0.39, 0.29) is 0 Å². The topological polar surface area (TPSA) is 49.8 Å². The molecule has 0 aliphatic heterocycles. The first-order valence-corrected chi connectivity index (χ1v) is 7.56. The van der Waals surface area contributed by atoms with E-state index in [2.05, 4.69) is 38.1 Å². The Morgan fingerprint density at radius 2 is 2.16 bits per heavy atom. The second kappa shape index (κ2) is 5.57. The van der Waals surface area contributed by atoms with Gasteiger partial charge < -0.3 is 10.6 Å². The maximum absolute atomic E-state index is 4.60. The van der Waals surface area contributed by atoms with E-state index in [9.17, 15) is 0 Å². The Labute approximate surface area is 117 Å². The summed E-state index contributed by atoms with van der Waals surface area (Å²) < 4.78 is 0. The first-order valence-electron chi connectivity index (χ1n) is 6.68. The normalized spacial score (nSPS) is 14.4. The monoisotopic (exact) mass is 274 g/mol. The number of thiophene rings is 1. The molecule has 0 unspecified atom stereocenters. The summed E-state index contributed by atoms with van der Waals surface area (Å²) in [5.74, 6) is 3.38. The van der Waals surface area contributed by atoms with Gasteiger partial charge in [0, 0.05) is 30.5 Å². The number of nitrogens with one attached hydrogen (secondary N) is 2. The van der Waals surface area contributed by atoms with Crippen molar-refractivity contribution in [2.75, 3.05) is 24.2 Å². The Kier molecular flexibility index (Phi) is 3.64. The van der Waals surface area contributed by atoms with Crippen LogP contribution in [0.2, 0.25) is 0 Å². The highest BCUT2D eigenvalue weighted by Gasteiger charge is 2.27. The van der Waals surface area contributed by atoms with Crippen LogP contribution in [0.4, 0.5) is 11.6 Å². The molecule has 0 radical (unpaired) electrons. The average Bonchev–Trinajstić information content (AvgIpc) is 3.17. The van der Waals surface area contributed by atoms with Gasteiger partial charge in [0.15, 0.2) is 0 Å². The smallest absolute Gasteiger partial charge is 0.136 e. The van der Waals surface area contributed by atoms with Crippen LogP contribution in [0.1, 0.15) is 29.5 Å². The summed E-state index contributed by atoms with van der Waals surface area (Å²) in [6.07, 6.45) is 3.49. The number of anilines is 2. The van der Waals surface area contributed by atoms with Gasteiger partial charge in [-0.15, -0.1) is 11.3 Å². The summed E-state index contributed by atoms with van der Waals surface area (Å²) in [6.45, 7) is 0.908. The maximum atomic E-state index is 4.60. The van der Waals surface area contributed by atoms with Crippen molar-refractivity contribution in [2.24, 2.45) is 0 Å². The van der Waals surface area contributed by atoms with Crippen molar-refractivity contribution in [1.82, 2.24) is 9.97 Å². The Bertz CT molecular complexity index is 534. The van der Waals surface area contributed by atoms with E-state index in [0.29, 0.717) is 5.92 Å². The fourth-order valence-electron chi connectivity index (χ4n) is 1.98. The van der Waals surface area contributed by atoms with E-state index >= 15 is 0 Å². The summed E-state index contributed by atoms with van der Waals surface area (Å²) in [5, 5.41) is 8.62. The van der Waals surface area contributed by atoms with Gasteiger partial charge in [0.1, 0.15) is 17.5 Å². The first-order chi connectivity index (χ1) is 9.35. The highest BCUT2D eigenvalue weighted by atomic mass is 32.1. The van der Waals surface area contributed by atoms with Gasteiger partial charge in [-0.05, 0) is 30.7 Å². The standard InChI is InChI=1S/C14H18N4S/c1-15-12-9-13(18-14(17-12)10-4-5-10)16-7-6-11-3-2-8-19-11/h2-3,8-10H,4-7H2,1H3,(H2,15,16,17,18). The molecule has 0 amide bonds. The highest BCUT2D eigenvalue weighted by molar-refractivity contribution is 7.09. The predicted molar refractivity (Wildman–Crippen MR) is 80.1 cm³/mol. The fraction of sp³-hybridized carbons (Fsp3) is 0.429. The van der Waals surface area contributed by atoms with Crippen LogP contribution in [0, 0.1) is 0 Å². The molecule has 0 aromatic carbocycles. The lowest BCUT2D eigenvalue weighted by Gasteiger charge is -2.09. The van der Waals surface area contributed by atoms with Crippen molar-refractivity contribution in [2.45, 2.75) is 25.2 Å². The van der Waals surface area contributed by atoms with Crippen molar-refractivity contribution in [3.8, 4) is 0 Å². The summed E-state index contributed by atoms with van der Waals surface area (Å²) in [7, 11) is 1.90. The average molecular weight is 274 g/mol. The molecule has 0 saturated heterocycles. The molecule has 19 heavy (non-hydrogen) atoms. The molecule has 0 atom stereocenters. The van der Waals surface area contributed by atoms with E-state index in [1.54, 1.807) is 11.3 Å². The van der Waals surface area contributed by atoms with Crippen LogP contribution in [0.25, 0.3) is 0 Å². The molecule has 1 saturated carbocycles. The van der Waals surface area contributed by atoms with Gasteiger partial charge in [0.2, 0.25) is 0 Å². The summed E-state index contributed by atoms with van der Waals surface area (Å²) >= 11 is 1.80. The van der Waals surface area contributed by atoms with Crippen molar-refractivity contribution in [3.05, 3.63) is 34.3 Å². The quantitative estimate of drug-likeness (QED) is 0.850. The van der Waals surface area contributed by atoms with Crippen LogP contribution in [-0.4, -0.2) is 23.6 Å². The largest absolute Gasteiger partial charge is 0.373 e. The molecule has 2 heterocycles. The molecular weight excluding hydrogens is 256 g/mol. The number of nitrogens with zero attached hydrogens (tertiary/aromatic N) is 2. The summed E-state index contributed by atoms with van der Waals surface area (Å²) in [6, 6.07) is 6.23. The zero-order valence-corrected chi connectivity index (χ0v) is 11.8. The van der Waals surface area contributed by atoms with Gasteiger partial charge in [0.05, 0.1) is 0 Å². The molecule has 2 N–H and O–H groups in total. The van der Waals surface area contributed by atoms with Crippen molar-refractivity contribution < 1.29 is 0 Å². The molecule has 0 spiro atoms. The number of rotatable bonds is 6. The zero-order valence-electron chi connectivity index (χ0n) is 11.0. The third-order valence-corrected chi connectivity index (χ3v) is 4.14. The molecule has 3 rings (SSSR count). The minimum Gasteiger partial charge on any atom is -0.373 e.